The van der Waals surface area contributed by atoms with Crippen molar-refractivity contribution in [3.8, 4) is 0 Å². The van der Waals surface area contributed by atoms with Crippen LogP contribution in [0.4, 0.5) is 5.69 Å². The highest BCUT2D eigenvalue weighted by Crippen LogP contribution is 2.23. The van der Waals surface area contributed by atoms with Crippen molar-refractivity contribution >= 4 is 17.3 Å². The molecule has 0 amide bonds. The van der Waals surface area contributed by atoms with Crippen molar-refractivity contribution in [3.05, 3.63) is 27.7 Å². The van der Waals surface area contributed by atoms with Crippen molar-refractivity contribution < 1.29 is 9.34 Å². The van der Waals surface area contributed by atoms with E-state index in [1.54, 1.807) is 0 Å². The lowest BCUT2D eigenvalue weighted by molar-refractivity contribution is -0.385. The van der Waals surface area contributed by atoms with Gasteiger partial charge in [-0.3, -0.25) is 10.1 Å². The molecule has 48 valence electrons. The van der Waals surface area contributed by atoms with Gasteiger partial charge in [-0.05, 0) is 0 Å². The third-order valence-electron chi connectivity index (χ3n) is 0.793. The number of nitro groups is 1. The molecule has 0 bridgehead atoms. The Morgan fingerprint density at radius 3 is 2.56 bits per heavy atom. The predicted octanol–water partition coefficient (Wildman–Crippen LogP) is 1.84. The fourth-order valence-electron chi connectivity index (χ4n) is 0.405. The van der Waals surface area contributed by atoms with Crippen molar-refractivity contribution in [1.82, 2.24) is 0 Å². The van der Waals surface area contributed by atoms with Gasteiger partial charge in [-0.1, -0.05) is 11.6 Å². The maximum atomic E-state index is 9.94. The van der Waals surface area contributed by atoms with Crippen LogP contribution in [0, 0.1) is 10.1 Å². The monoisotopic (exact) mass is 147 g/mol. The van der Waals surface area contributed by atoms with E-state index in [4.69, 9.17) is 11.6 Å². The molecule has 0 radical (unpaired) electrons. The minimum absolute atomic E-state index is 0.0278. The SMILES string of the molecule is O=[N+]([O-])c1cocc1Cl. The van der Waals surface area contributed by atoms with Crippen LogP contribution in [0.2, 0.25) is 5.02 Å². The van der Waals surface area contributed by atoms with Gasteiger partial charge in [-0.25, -0.2) is 0 Å². The van der Waals surface area contributed by atoms with Gasteiger partial charge in [-0.2, -0.15) is 0 Å². The molecule has 0 aliphatic heterocycles. The van der Waals surface area contributed by atoms with E-state index in [1.807, 2.05) is 0 Å². The zero-order valence-corrected chi connectivity index (χ0v) is 4.96. The van der Waals surface area contributed by atoms with Gasteiger partial charge < -0.3 is 4.42 Å². The Bertz CT molecular complexity index is 231. The highest BCUT2D eigenvalue weighted by molar-refractivity contribution is 6.32. The highest BCUT2D eigenvalue weighted by Gasteiger charge is 2.12. The van der Waals surface area contributed by atoms with Crippen molar-refractivity contribution in [1.29, 1.82) is 0 Å². The topological polar surface area (TPSA) is 56.3 Å². The Hall–Kier alpha value is -1.03. The Balaban J connectivity index is 3.08. The van der Waals surface area contributed by atoms with E-state index in [9.17, 15) is 10.1 Å². The van der Waals surface area contributed by atoms with Crippen LogP contribution in [0.15, 0.2) is 16.9 Å². The van der Waals surface area contributed by atoms with Crippen LogP contribution in [0.3, 0.4) is 0 Å². The Labute approximate surface area is 55.2 Å². The van der Waals surface area contributed by atoms with Crippen molar-refractivity contribution in [2.45, 2.75) is 0 Å². The average molecular weight is 148 g/mol. The number of hydrogen-bond donors (Lipinski definition) is 0. The number of hydrogen-bond acceptors (Lipinski definition) is 3. The summed E-state index contributed by atoms with van der Waals surface area (Å²) in [4.78, 5) is 9.34. The fraction of sp³-hybridized carbons (Fsp3) is 0. The molecule has 0 saturated heterocycles. The molecule has 0 saturated carbocycles. The standard InChI is InChI=1S/C4H2ClNO3/c5-3-1-9-2-4(3)6(7)8/h1-2H. The molecule has 9 heavy (non-hydrogen) atoms. The summed E-state index contributed by atoms with van der Waals surface area (Å²) >= 11 is 5.30. The lowest BCUT2D eigenvalue weighted by atomic mass is 10.6. The molecular formula is C4H2ClNO3. The molecule has 0 fully saturated rings. The molecule has 0 N–H and O–H groups in total. The lowest BCUT2D eigenvalue weighted by Crippen LogP contribution is -1.83. The summed E-state index contributed by atoms with van der Waals surface area (Å²) in [6.45, 7) is 0. The fourth-order valence-corrected chi connectivity index (χ4v) is 0.570. The molecule has 1 aromatic heterocycles. The number of furan rings is 1. The second-order valence-corrected chi connectivity index (χ2v) is 1.77. The molecule has 4 nitrogen and oxygen atoms in total. The quantitative estimate of drug-likeness (QED) is 0.450. The Morgan fingerprint density at radius 2 is 2.33 bits per heavy atom. The number of nitrogens with zero attached hydrogens (tertiary/aromatic N) is 1. The summed E-state index contributed by atoms with van der Waals surface area (Å²) in [5, 5.41) is 9.97. The van der Waals surface area contributed by atoms with Crippen molar-refractivity contribution in [2.75, 3.05) is 0 Å². The Morgan fingerprint density at radius 1 is 1.67 bits per heavy atom. The average Bonchev–Trinajstić information content (AvgIpc) is 2.13. The predicted molar refractivity (Wildman–Crippen MR) is 30.4 cm³/mol. The van der Waals surface area contributed by atoms with E-state index in [0.717, 1.165) is 12.5 Å². The summed E-state index contributed by atoms with van der Waals surface area (Å²) in [5.74, 6) is 0. The first-order valence-corrected chi connectivity index (χ1v) is 2.45. The molecule has 0 aliphatic carbocycles. The van der Waals surface area contributed by atoms with Crippen LogP contribution < -0.4 is 0 Å². The van der Waals surface area contributed by atoms with Gasteiger partial charge in [0.05, 0.1) is 4.92 Å². The van der Waals surface area contributed by atoms with Gasteiger partial charge in [-0.15, -0.1) is 0 Å². The molecule has 1 aromatic rings. The lowest BCUT2D eigenvalue weighted by Gasteiger charge is -1.80. The van der Waals surface area contributed by atoms with Crippen LogP contribution in [0.1, 0.15) is 0 Å². The van der Waals surface area contributed by atoms with Gasteiger partial charge in [0.1, 0.15) is 6.26 Å². The minimum Gasteiger partial charge on any atom is -0.464 e. The summed E-state index contributed by atoms with van der Waals surface area (Å²) in [6.07, 6.45) is 2.10. The molecule has 0 aromatic carbocycles. The minimum atomic E-state index is -0.605. The molecular weight excluding hydrogens is 146 g/mol. The van der Waals surface area contributed by atoms with Crippen LogP contribution in [-0.4, -0.2) is 4.92 Å². The molecule has 0 aliphatic rings. The maximum absolute atomic E-state index is 9.94. The highest BCUT2D eigenvalue weighted by atomic mass is 35.5. The second-order valence-electron chi connectivity index (χ2n) is 1.36. The maximum Gasteiger partial charge on any atom is 0.325 e. The van der Waals surface area contributed by atoms with Crippen molar-refractivity contribution in [2.24, 2.45) is 0 Å². The molecule has 5 heteroatoms. The second kappa shape index (κ2) is 2.06. The Kier molecular flexibility index (Phi) is 1.40. The number of rotatable bonds is 1. The van der Waals surface area contributed by atoms with Crippen LogP contribution in [0.25, 0.3) is 0 Å². The normalized spacial score (nSPS) is 9.44. The van der Waals surface area contributed by atoms with Crippen LogP contribution in [-0.2, 0) is 0 Å². The van der Waals surface area contributed by atoms with E-state index in [1.165, 1.54) is 0 Å². The third-order valence-corrected chi connectivity index (χ3v) is 1.08. The number of halogens is 1. The van der Waals surface area contributed by atoms with E-state index >= 15 is 0 Å². The van der Waals surface area contributed by atoms with Gasteiger partial charge in [0, 0.05) is 0 Å². The van der Waals surface area contributed by atoms with Crippen LogP contribution >= 0.6 is 11.6 Å². The zero-order chi connectivity index (χ0) is 6.85. The summed E-state index contributed by atoms with van der Waals surface area (Å²) in [6, 6.07) is 0. The van der Waals surface area contributed by atoms with Gasteiger partial charge >= 0.3 is 5.69 Å². The van der Waals surface area contributed by atoms with Gasteiger partial charge in [0.2, 0.25) is 0 Å². The summed E-state index contributed by atoms with van der Waals surface area (Å²) < 4.78 is 4.43. The van der Waals surface area contributed by atoms with E-state index in [-0.39, 0.29) is 10.7 Å². The first-order valence-electron chi connectivity index (χ1n) is 2.08. The van der Waals surface area contributed by atoms with Crippen molar-refractivity contribution in [3.63, 3.8) is 0 Å². The molecule has 0 spiro atoms. The smallest absolute Gasteiger partial charge is 0.325 e. The van der Waals surface area contributed by atoms with E-state index < -0.39 is 4.92 Å². The first kappa shape index (κ1) is 6.10. The first-order chi connectivity index (χ1) is 4.22. The van der Waals surface area contributed by atoms with Gasteiger partial charge in [0.25, 0.3) is 0 Å². The van der Waals surface area contributed by atoms with E-state index in [0.29, 0.717) is 0 Å². The molecule has 1 heterocycles. The third kappa shape index (κ3) is 1.02. The zero-order valence-electron chi connectivity index (χ0n) is 4.20. The van der Waals surface area contributed by atoms with E-state index in [2.05, 4.69) is 4.42 Å². The molecule has 1 rings (SSSR count). The summed E-state index contributed by atoms with van der Waals surface area (Å²) in [7, 11) is 0. The van der Waals surface area contributed by atoms with Crippen LogP contribution in [0.5, 0.6) is 0 Å². The van der Waals surface area contributed by atoms with Gasteiger partial charge in [0.15, 0.2) is 11.3 Å². The summed E-state index contributed by atoms with van der Waals surface area (Å²) in [5.41, 5.74) is -0.198. The molecule has 0 atom stereocenters. The largest absolute Gasteiger partial charge is 0.464 e. The molecule has 0 unspecified atom stereocenters.